The van der Waals surface area contributed by atoms with Crippen LogP contribution in [0.3, 0.4) is 0 Å². The third-order valence-electron chi connectivity index (χ3n) is 2.72. The second-order valence-corrected chi connectivity index (χ2v) is 3.78. The molecule has 0 bridgehead atoms. The Morgan fingerprint density at radius 1 is 1.12 bits per heavy atom. The van der Waals surface area contributed by atoms with Crippen molar-refractivity contribution in [2.24, 2.45) is 0 Å². The molecule has 0 saturated carbocycles. The molecular formula is C14H9N3. The van der Waals surface area contributed by atoms with Gasteiger partial charge >= 0.3 is 0 Å². The molecule has 3 aromatic rings. The molecule has 3 rings (SSSR count). The van der Waals surface area contributed by atoms with Crippen LogP contribution in [-0.4, -0.2) is 9.97 Å². The van der Waals surface area contributed by atoms with Crippen LogP contribution in [-0.2, 0) is 0 Å². The first kappa shape index (κ1) is 9.61. The van der Waals surface area contributed by atoms with Crippen LogP contribution < -0.4 is 0 Å². The summed E-state index contributed by atoms with van der Waals surface area (Å²) in [6.07, 6.45) is 1.82. The monoisotopic (exact) mass is 219 g/mol. The summed E-state index contributed by atoms with van der Waals surface area (Å²) in [5, 5.41) is 10.1. The van der Waals surface area contributed by atoms with Gasteiger partial charge < -0.3 is 4.98 Å². The number of H-pyrrole nitrogens is 1. The highest BCUT2D eigenvalue weighted by molar-refractivity contribution is 5.86. The van der Waals surface area contributed by atoms with Gasteiger partial charge in [0.25, 0.3) is 0 Å². The van der Waals surface area contributed by atoms with Gasteiger partial charge in [-0.05, 0) is 12.1 Å². The maximum absolute atomic E-state index is 9.09. The van der Waals surface area contributed by atoms with E-state index in [0.29, 0.717) is 5.69 Å². The van der Waals surface area contributed by atoms with Crippen molar-refractivity contribution in [3.8, 4) is 17.3 Å². The second-order valence-electron chi connectivity index (χ2n) is 3.78. The van der Waals surface area contributed by atoms with Crippen molar-refractivity contribution < 1.29 is 0 Å². The molecular weight excluding hydrogens is 210 g/mol. The molecule has 1 aromatic carbocycles. The summed E-state index contributed by atoms with van der Waals surface area (Å²) >= 11 is 0. The number of hydrogen-bond acceptors (Lipinski definition) is 2. The van der Waals surface area contributed by atoms with Crippen molar-refractivity contribution in [1.29, 1.82) is 5.26 Å². The molecule has 0 radical (unpaired) electrons. The molecule has 0 saturated heterocycles. The molecule has 0 fully saturated rings. The van der Waals surface area contributed by atoms with Gasteiger partial charge in [0.15, 0.2) is 5.69 Å². The molecule has 80 valence electrons. The number of aromatic nitrogens is 2. The van der Waals surface area contributed by atoms with E-state index in [-0.39, 0.29) is 0 Å². The third-order valence-corrected chi connectivity index (χ3v) is 2.72. The molecule has 0 aliphatic carbocycles. The maximum Gasteiger partial charge on any atom is 0.165 e. The van der Waals surface area contributed by atoms with Crippen molar-refractivity contribution >= 4 is 10.9 Å². The molecule has 0 unspecified atom stereocenters. The Morgan fingerprint density at radius 2 is 1.94 bits per heavy atom. The molecule has 0 spiro atoms. The predicted molar refractivity (Wildman–Crippen MR) is 66.2 cm³/mol. The van der Waals surface area contributed by atoms with Crippen molar-refractivity contribution in [3.63, 3.8) is 0 Å². The fraction of sp³-hybridized carbons (Fsp3) is 0. The third kappa shape index (κ3) is 1.56. The van der Waals surface area contributed by atoms with Crippen LogP contribution in [0.25, 0.3) is 22.2 Å². The molecule has 3 nitrogen and oxygen atoms in total. The molecule has 0 aliphatic rings. The van der Waals surface area contributed by atoms with Gasteiger partial charge in [0.1, 0.15) is 6.07 Å². The quantitative estimate of drug-likeness (QED) is 0.683. The molecule has 1 N–H and O–H groups in total. The number of hydrogen-bond donors (Lipinski definition) is 1. The topological polar surface area (TPSA) is 52.5 Å². The smallest absolute Gasteiger partial charge is 0.165 e. The van der Waals surface area contributed by atoms with Crippen LogP contribution in [0.15, 0.2) is 48.7 Å². The van der Waals surface area contributed by atoms with Crippen molar-refractivity contribution in [2.45, 2.75) is 0 Å². The Hall–Kier alpha value is -2.60. The summed E-state index contributed by atoms with van der Waals surface area (Å²) in [7, 11) is 0. The Morgan fingerprint density at radius 3 is 2.71 bits per heavy atom. The Kier molecular flexibility index (Phi) is 2.13. The Labute approximate surface area is 98.4 Å². The van der Waals surface area contributed by atoms with E-state index in [0.717, 1.165) is 22.2 Å². The number of nitrogens with zero attached hydrogens (tertiary/aromatic N) is 2. The van der Waals surface area contributed by atoms with E-state index in [1.54, 1.807) is 0 Å². The van der Waals surface area contributed by atoms with Gasteiger partial charge in [-0.1, -0.05) is 30.3 Å². The van der Waals surface area contributed by atoms with E-state index in [9.17, 15) is 0 Å². The average Bonchev–Trinajstić information content (AvgIpc) is 2.86. The first-order valence-corrected chi connectivity index (χ1v) is 5.32. The highest BCUT2D eigenvalue weighted by Crippen LogP contribution is 2.23. The lowest BCUT2D eigenvalue weighted by molar-refractivity contribution is 1.28. The molecule has 2 aromatic heterocycles. The largest absolute Gasteiger partial charge is 0.359 e. The number of rotatable bonds is 1. The number of aromatic amines is 1. The maximum atomic E-state index is 9.09. The van der Waals surface area contributed by atoms with Crippen molar-refractivity contribution in [1.82, 2.24) is 9.97 Å². The highest BCUT2D eigenvalue weighted by atomic mass is 14.8. The van der Waals surface area contributed by atoms with Crippen LogP contribution in [0.5, 0.6) is 0 Å². The zero-order chi connectivity index (χ0) is 11.7. The zero-order valence-corrected chi connectivity index (χ0v) is 9.01. The fourth-order valence-corrected chi connectivity index (χ4v) is 1.90. The lowest BCUT2D eigenvalue weighted by Crippen LogP contribution is -1.89. The van der Waals surface area contributed by atoms with Crippen molar-refractivity contribution in [3.05, 3.63) is 54.4 Å². The predicted octanol–water partition coefficient (Wildman–Crippen LogP) is 3.10. The van der Waals surface area contributed by atoms with Crippen LogP contribution in [0, 0.1) is 11.3 Å². The van der Waals surface area contributed by atoms with Gasteiger partial charge in [-0.15, -0.1) is 0 Å². The minimum absolute atomic E-state index is 0.436. The first-order chi connectivity index (χ1) is 8.38. The molecule has 17 heavy (non-hydrogen) atoms. The summed E-state index contributed by atoms with van der Waals surface area (Å²) in [4.78, 5) is 7.40. The van der Waals surface area contributed by atoms with Gasteiger partial charge in [-0.3, -0.25) is 0 Å². The van der Waals surface area contributed by atoms with Crippen LogP contribution in [0.1, 0.15) is 5.69 Å². The molecule has 0 amide bonds. The van der Waals surface area contributed by atoms with E-state index < -0.39 is 0 Å². The first-order valence-electron chi connectivity index (χ1n) is 5.32. The zero-order valence-electron chi connectivity index (χ0n) is 9.01. The van der Waals surface area contributed by atoms with Gasteiger partial charge in [0, 0.05) is 17.1 Å². The minimum Gasteiger partial charge on any atom is -0.359 e. The Balaban J connectivity index is 2.29. The van der Waals surface area contributed by atoms with Gasteiger partial charge in [-0.2, -0.15) is 5.26 Å². The van der Waals surface area contributed by atoms with E-state index in [2.05, 4.69) is 16.0 Å². The van der Waals surface area contributed by atoms with E-state index in [1.165, 1.54) is 0 Å². The fourth-order valence-electron chi connectivity index (χ4n) is 1.90. The average molecular weight is 219 g/mol. The lowest BCUT2D eigenvalue weighted by atomic mass is 10.1. The van der Waals surface area contributed by atoms with Crippen LogP contribution >= 0.6 is 0 Å². The number of nitriles is 1. The van der Waals surface area contributed by atoms with Gasteiger partial charge in [0.05, 0.1) is 11.2 Å². The number of pyridine rings is 1. The number of fused-ring (bicyclic) bond motifs is 1. The molecule has 0 atom stereocenters. The van der Waals surface area contributed by atoms with E-state index in [1.807, 2.05) is 48.7 Å². The SMILES string of the molecule is N#Cc1nc(-c2ccccc2)cc2cc[nH]c12. The minimum atomic E-state index is 0.436. The lowest BCUT2D eigenvalue weighted by Gasteiger charge is -2.02. The summed E-state index contributed by atoms with van der Waals surface area (Å²) in [5.74, 6) is 0. The Bertz CT molecular complexity index is 705. The standard InChI is InChI=1S/C14H9N3/c15-9-13-14-11(6-7-16-14)8-12(17-13)10-4-2-1-3-5-10/h1-8,16H. The van der Waals surface area contributed by atoms with E-state index in [4.69, 9.17) is 5.26 Å². The van der Waals surface area contributed by atoms with Crippen LogP contribution in [0.4, 0.5) is 0 Å². The van der Waals surface area contributed by atoms with Gasteiger partial charge in [0.2, 0.25) is 0 Å². The van der Waals surface area contributed by atoms with Crippen molar-refractivity contribution in [2.75, 3.05) is 0 Å². The molecule has 0 aliphatic heterocycles. The summed E-state index contributed by atoms with van der Waals surface area (Å²) in [6, 6.07) is 15.9. The second kappa shape index (κ2) is 3.76. The normalized spacial score (nSPS) is 10.3. The van der Waals surface area contributed by atoms with E-state index >= 15 is 0 Å². The highest BCUT2D eigenvalue weighted by Gasteiger charge is 2.07. The summed E-state index contributed by atoms with van der Waals surface area (Å²) in [5.41, 5.74) is 3.08. The summed E-state index contributed by atoms with van der Waals surface area (Å²) < 4.78 is 0. The number of benzene rings is 1. The van der Waals surface area contributed by atoms with Gasteiger partial charge in [-0.25, -0.2) is 4.98 Å². The summed E-state index contributed by atoms with van der Waals surface area (Å²) in [6.45, 7) is 0. The molecule has 2 heterocycles. The number of nitrogens with one attached hydrogen (secondary N) is 1. The molecule has 3 heteroatoms. The van der Waals surface area contributed by atoms with Crippen LogP contribution in [0.2, 0.25) is 0 Å².